The predicted molar refractivity (Wildman–Crippen MR) is 90.5 cm³/mol. The number of fused-ring (bicyclic) bond motifs is 3. The number of hydrogen-bond donors (Lipinski definition) is 2. The van der Waals surface area contributed by atoms with Crippen molar-refractivity contribution in [3.63, 3.8) is 0 Å². The number of nitrogens with one attached hydrogen (secondary N) is 2. The number of benzene rings is 2. The molecule has 4 rings (SSSR count). The van der Waals surface area contributed by atoms with E-state index >= 15 is 0 Å². The molecule has 0 radical (unpaired) electrons. The van der Waals surface area contributed by atoms with E-state index in [1.807, 2.05) is 30.5 Å². The summed E-state index contributed by atoms with van der Waals surface area (Å²) in [6.45, 7) is 0. The Bertz CT molecular complexity index is 907. The maximum Gasteiger partial charge on any atom is 0.191 e. The number of aromatic amines is 1. The van der Waals surface area contributed by atoms with E-state index in [9.17, 15) is 4.79 Å². The second kappa shape index (κ2) is 5.32. The van der Waals surface area contributed by atoms with Crippen molar-refractivity contribution in [1.29, 1.82) is 0 Å². The number of methoxy groups -OCH3 is 1. The Kier molecular flexibility index (Phi) is 3.15. The minimum atomic E-state index is -0.407. The molecule has 4 nitrogen and oxygen atoms in total. The van der Waals surface area contributed by atoms with Crippen molar-refractivity contribution in [2.75, 3.05) is 7.11 Å². The highest BCUT2D eigenvalue weighted by molar-refractivity contribution is 6.03. The first kappa shape index (κ1) is 13.6. The molecule has 1 unspecified atom stereocenters. The van der Waals surface area contributed by atoms with Crippen molar-refractivity contribution in [3.8, 4) is 5.75 Å². The Morgan fingerprint density at radius 1 is 1.09 bits per heavy atom. The summed E-state index contributed by atoms with van der Waals surface area (Å²) in [4.78, 5) is 16.3. The van der Waals surface area contributed by atoms with Gasteiger partial charge in [0.2, 0.25) is 0 Å². The minimum Gasteiger partial charge on any atom is -0.497 e. The zero-order valence-electron chi connectivity index (χ0n) is 12.7. The number of H-pyrrole nitrogens is 1. The maximum atomic E-state index is 12.9. The molecule has 23 heavy (non-hydrogen) atoms. The van der Waals surface area contributed by atoms with Crippen LogP contribution in [0.4, 0.5) is 0 Å². The third-order valence-electron chi connectivity index (χ3n) is 4.22. The average Bonchev–Trinajstić information content (AvgIpc) is 3.00. The highest BCUT2D eigenvalue weighted by Gasteiger charge is 2.27. The first-order valence-electron chi connectivity index (χ1n) is 7.49. The third kappa shape index (κ3) is 2.19. The molecule has 1 aliphatic rings. The summed E-state index contributed by atoms with van der Waals surface area (Å²) in [7, 11) is 1.61. The number of carbonyl (C=O) groups is 1. The zero-order valence-corrected chi connectivity index (χ0v) is 12.7. The lowest BCUT2D eigenvalue weighted by Gasteiger charge is -2.20. The fourth-order valence-corrected chi connectivity index (χ4v) is 3.03. The van der Waals surface area contributed by atoms with Crippen molar-refractivity contribution in [3.05, 3.63) is 71.6 Å². The average molecular weight is 304 g/mol. The number of carbonyl (C=O) groups excluding carboxylic acids is 1. The molecule has 0 saturated heterocycles. The lowest BCUT2D eigenvalue weighted by atomic mass is 9.96. The molecule has 2 aromatic carbocycles. The maximum absolute atomic E-state index is 12.9. The lowest BCUT2D eigenvalue weighted by Crippen LogP contribution is -2.27. The van der Waals surface area contributed by atoms with Gasteiger partial charge in [0.15, 0.2) is 5.78 Å². The zero-order chi connectivity index (χ0) is 15.8. The van der Waals surface area contributed by atoms with Crippen molar-refractivity contribution >= 4 is 22.8 Å². The first-order valence-corrected chi connectivity index (χ1v) is 7.49. The van der Waals surface area contributed by atoms with E-state index in [-0.39, 0.29) is 5.78 Å². The molecule has 0 aliphatic carbocycles. The van der Waals surface area contributed by atoms with Gasteiger partial charge in [-0.3, -0.25) is 4.79 Å². The van der Waals surface area contributed by atoms with Crippen molar-refractivity contribution in [1.82, 2.24) is 10.3 Å². The lowest BCUT2D eigenvalue weighted by molar-refractivity contribution is 0.0947. The smallest absolute Gasteiger partial charge is 0.191 e. The van der Waals surface area contributed by atoms with Gasteiger partial charge in [-0.1, -0.05) is 18.2 Å². The largest absolute Gasteiger partial charge is 0.497 e. The minimum absolute atomic E-state index is 0.0322. The van der Waals surface area contributed by atoms with Crippen LogP contribution in [0.2, 0.25) is 0 Å². The van der Waals surface area contributed by atoms with E-state index in [1.165, 1.54) is 0 Å². The molecular formula is C19H16N2O2. The summed E-state index contributed by atoms with van der Waals surface area (Å²) in [5.74, 6) is 0.772. The molecule has 2 N–H and O–H groups in total. The second-order valence-corrected chi connectivity index (χ2v) is 5.52. The Labute approximate surface area is 133 Å². The van der Waals surface area contributed by atoms with Crippen LogP contribution in [0, 0.1) is 0 Å². The molecule has 0 amide bonds. The van der Waals surface area contributed by atoms with E-state index in [1.54, 1.807) is 31.4 Å². The number of ether oxygens (including phenoxy) is 1. The highest BCUT2D eigenvalue weighted by atomic mass is 16.5. The SMILES string of the molecule is COc1ccc(C(=O)C2NC=Cc3c2[nH]c2ccccc32)cc1. The number of para-hydroxylation sites is 1. The van der Waals surface area contributed by atoms with Gasteiger partial charge in [-0.15, -0.1) is 0 Å². The Hall–Kier alpha value is -3.01. The quantitative estimate of drug-likeness (QED) is 0.726. The standard InChI is InChI=1S/C19H16N2O2/c1-23-13-8-6-12(7-9-13)19(22)18-17-15(10-11-20-18)14-4-2-3-5-16(14)21-17/h2-11,18,20-21H,1H3. The molecular weight excluding hydrogens is 288 g/mol. The fourth-order valence-electron chi connectivity index (χ4n) is 3.03. The molecule has 0 fully saturated rings. The molecule has 0 bridgehead atoms. The van der Waals surface area contributed by atoms with E-state index in [4.69, 9.17) is 4.74 Å². The highest BCUT2D eigenvalue weighted by Crippen LogP contribution is 2.32. The summed E-state index contributed by atoms with van der Waals surface area (Å²) < 4.78 is 5.15. The molecule has 1 atom stereocenters. The topological polar surface area (TPSA) is 54.1 Å². The van der Waals surface area contributed by atoms with Crippen LogP contribution in [0.1, 0.15) is 27.7 Å². The number of ketones is 1. The van der Waals surface area contributed by atoms with Crippen LogP contribution in [0.3, 0.4) is 0 Å². The fraction of sp³-hybridized carbons (Fsp3) is 0.105. The second-order valence-electron chi connectivity index (χ2n) is 5.52. The van der Waals surface area contributed by atoms with Gasteiger partial charge < -0.3 is 15.0 Å². The van der Waals surface area contributed by atoms with Crippen molar-refractivity contribution < 1.29 is 9.53 Å². The monoisotopic (exact) mass is 304 g/mol. The summed E-state index contributed by atoms with van der Waals surface area (Å²) in [6, 6.07) is 14.9. The van der Waals surface area contributed by atoms with Gasteiger partial charge in [-0.05, 0) is 42.6 Å². The van der Waals surface area contributed by atoms with Crippen LogP contribution >= 0.6 is 0 Å². The van der Waals surface area contributed by atoms with Gasteiger partial charge in [0, 0.05) is 22.0 Å². The van der Waals surface area contributed by atoms with E-state index in [2.05, 4.69) is 16.4 Å². The van der Waals surface area contributed by atoms with Crippen LogP contribution in [0.5, 0.6) is 5.75 Å². The number of hydrogen-bond acceptors (Lipinski definition) is 3. The normalized spacial score (nSPS) is 16.0. The Morgan fingerprint density at radius 3 is 2.65 bits per heavy atom. The van der Waals surface area contributed by atoms with Gasteiger partial charge in [0.1, 0.15) is 11.8 Å². The Morgan fingerprint density at radius 2 is 1.87 bits per heavy atom. The van der Waals surface area contributed by atoms with Crippen LogP contribution in [0.25, 0.3) is 17.0 Å². The van der Waals surface area contributed by atoms with Gasteiger partial charge >= 0.3 is 0 Å². The van der Waals surface area contributed by atoms with E-state index < -0.39 is 6.04 Å². The predicted octanol–water partition coefficient (Wildman–Crippen LogP) is 3.67. The van der Waals surface area contributed by atoms with Crippen LogP contribution in [-0.2, 0) is 0 Å². The third-order valence-corrected chi connectivity index (χ3v) is 4.22. The van der Waals surface area contributed by atoms with Crippen LogP contribution < -0.4 is 10.1 Å². The Balaban J connectivity index is 1.76. The van der Waals surface area contributed by atoms with Crippen molar-refractivity contribution in [2.24, 2.45) is 0 Å². The van der Waals surface area contributed by atoms with E-state index in [0.717, 1.165) is 27.9 Å². The molecule has 0 spiro atoms. The summed E-state index contributed by atoms with van der Waals surface area (Å²) >= 11 is 0. The molecule has 1 aromatic heterocycles. The van der Waals surface area contributed by atoms with Crippen LogP contribution in [0.15, 0.2) is 54.7 Å². The molecule has 4 heteroatoms. The molecule has 114 valence electrons. The summed E-state index contributed by atoms with van der Waals surface area (Å²) in [6.07, 6.45) is 3.85. The number of Topliss-reactive ketones (excluding diaryl/α,β-unsaturated/α-hetero) is 1. The van der Waals surface area contributed by atoms with Crippen LogP contribution in [-0.4, -0.2) is 17.9 Å². The number of rotatable bonds is 3. The molecule has 2 heterocycles. The van der Waals surface area contributed by atoms with Gasteiger partial charge in [0.25, 0.3) is 0 Å². The van der Waals surface area contributed by atoms with E-state index in [0.29, 0.717) is 5.56 Å². The van der Waals surface area contributed by atoms with Gasteiger partial charge in [0.05, 0.1) is 12.8 Å². The molecule has 0 saturated carbocycles. The first-order chi connectivity index (χ1) is 11.3. The van der Waals surface area contributed by atoms with Crippen molar-refractivity contribution in [2.45, 2.75) is 6.04 Å². The van der Waals surface area contributed by atoms with Gasteiger partial charge in [-0.2, -0.15) is 0 Å². The number of aromatic nitrogens is 1. The summed E-state index contributed by atoms with van der Waals surface area (Å²) in [5.41, 5.74) is 3.68. The molecule has 1 aliphatic heterocycles. The van der Waals surface area contributed by atoms with Gasteiger partial charge in [-0.25, -0.2) is 0 Å². The molecule has 3 aromatic rings. The summed E-state index contributed by atoms with van der Waals surface area (Å²) in [5, 5.41) is 4.30.